The lowest BCUT2D eigenvalue weighted by Crippen LogP contribution is -2.60. The van der Waals surface area contributed by atoms with Crippen LogP contribution in [0.2, 0.25) is 0 Å². The average Bonchev–Trinajstić information content (AvgIpc) is 2.95. The Morgan fingerprint density at radius 3 is 2.44 bits per heavy atom. The lowest BCUT2D eigenvalue weighted by molar-refractivity contribution is -0.154. The van der Waals surface area contributed by atoms with E-state index in [2.05, 4.69) is 13.8 Å². The highest BCUT2D eigenvalue weighted by Gasteiger charge is 2.69. The van der Waals surface area contributed by atoms with Gasteiger partial charge in [0, 0.05) is 29.9 Å². The van der Waals surface area contributed by atoms with E-state index in [-0.39, 0.29) is 16.8 Å². The van der Waals surface area contributed by atoms with Crippen molar-refractivity contribution in [3.05, 3.63) is 0 Å². The van der Waals surface area contributed by atoms with Crippen LogP contribution in [0.5, 0.6) is 0 Å². The molecule has 0 bridgehead atoms. The highest BCUT2D eigenvalue weighted by atomic mass is 32.2. The van der Waals surface area contributed by atoms with Gasteiger partial charge in [0.05, 0.1) is 7.11 Å². The van der Waals surface area contributed by atoms with E-state index < -0.39 is 15.5 Å². The van der Waals surface area contributed by atoms with Gasteiger partial charge in [0.25, 0.3) is 0 Å². The summed E-state index contributed by atoms with van der Waals surface area (Å²) < 4.78 is 17.2. The number of Topliss-reactive ketones (excluding diaryl/α,β-unsaturated/α-hetero) is 1. The van der Waals surface area contributed by atoms with Gasteiger partial charge in [-0.2, -0.15) is 0 Å². The molecule has 4 fully saturated rings. The molecule has 0 heterocycles. The number of hydrogen-bond acceptors (Lipinski definition) is 4. The number of rotatable bonds is 2. The first kappa shape index (κ1) is 19.6. The summed E-state index contributed by atoms with van der Waals surface area (Å²) in [7, 11) is 0.193. The lowest BCUT2D eigenvalue weighted by atomic mass is 9.44. The number of ether oxygens (including phenoxy) is 1. The molecule has 0 spiro atoms. The van der Waals surface area contributed by atoms with E-state index >= 15 is 0 Å². The Kier molecular flexibility index (Phi) is 4.64. The highest BCUT2D eigenvalue weighted by Crippen LogP contribution is 2.69. The molecule has 0 aromatic heterocycles. The van der Waals surface area contributed by atoms with Crippen LogP contribution in [0.1, 0.15) is 71.6 Å². The maximum atomic E-state index is 12.9. The molecule has 0 saturated heterocycles. The molecule has 0 amide bonds. The Labute approximate surface area is 165 Å². The van der Waals surface area contributed by atoms with Gasteiger partial charge in [0.2, 0.25) is 0 Å². The molecule has 4 aliphatic carbocycles. The van der Waals surface area contributed by atoms with Crippen molar-refractivity contribution in [3.8, 4) is 0 Å². The number of hydrogen-bond donors (Lipinski definition) is 0. The summed E-state index contributed by atoms with van der Waals surface area (Å²) in [5.74, 6) is 2.39. The number of carbonyl (C=O) groups is 2. The first-order chi connectivity index (χ1) is 12.7. The zero-order valence-electron chi connectivity index (χ0n) is 17.2. The van der Waals surface area contributed by atoms with E-state index in [0.717, 1.165) is 51.4 Å². The van der Waals surface area contributed by atoms with E-state index in [4.69, 9.17) is 4.74 Å². The largest absolute Gasteiger partial charge is 0.468 e. The van der Waals surface area contributed by atoms with E-state index in [0.29, 0.717) is 35.9 Å². The van der Waals surface area contributed by atoms with Crippen LogP contribution >= 0.6 is 0 Å². The van der Waals surface area contributed by atoms with Crippen LogP contribution in [-0.2, 0) is 25.1 Å². The Morgan fingerprint density at radius 1 is 1.07 bits per heavy atom. The molecule has 0 aromatic rings. The maximum Gasteiger partial charge on any atom is 0.325 e. The molecule has 152 valence electrons. The minimum atomic E-state index is -1.24. The Balaban J connectivity index is 1.69. The molecule has 4 nitrogen and oxygen atoms in total. The van der Waals surface area contributed by atoms with Crippen LogP contribution in [0.25, 0.3) is 0 Å². The first-order valence-electron chi connectivity index (χ1n) is 10.6. The van der Waals surface area contributed by atoms with Gasteiger partial charge in [-0.15, -0.1) is 0 Å². The van der Waals surface area contributed by atoms with Gasteiger partial charge in [-0.25, -0.2) is 0 Å². The van der Waals surface area contributed by atoms with Gasteiger partial charge in [-0.3, -0.25) is 13.8 Å². The molecule has 4 aliphatic rings. The summed E-state index contributed by atoms with van der Waals surface area (Å²) in [4.78, 5) is 24.9. The van der Waals surface area contributed by atoms with Crippen molar-refractivity contribution in [1.29, 1.82) is 0 Å². The summed E-state index contributed by atoms with van der Waals surface area (Å²) in [5, 5.41) is 0. The standard InChI is InChI=1S/C22H34O4S/c1-20-10-7-15(23)13-14(20)5-6-16-17(20)8-11-21(2)18(16)9-12-22(21,27(4)25)19(24)26-3/h14,16-18H,5-13H2,1-4H3/t14-,16+,17-,18-,20-,21-,22?,27?/m0/s1. The van der Waals surface area contributed by atoms with E-state index in [1.54, 1.807) is 6.26 Å². The minimum Gasteiger partial charge on any atom is -0.468 e. The molecular weight excluding hydrogens is 360 g/mol. The lowest BCUT2D eigenvalue weighted by Gasteiger charge is -2.61. The summed E-state index contributed by atoms with van der Waals surface area (Å²) >= 11 is 0. The van der Waals surface area contributed by atoms with Crippen LogP contribution in [0.3, 0.4) is 0 Å². The molecule has 0 N–H and O–H groups in total. The highest BCUT2D eigenvalue weighted by molar-refractivity contribution is 7.86. The van der Waals surface area contributed by atoms with Crippen LogP contribution < -0.4 is 0 Å². The van der Waals surface area contributed by atoms with Crippen molar-refractivity contribution >= 4 is 22.6 Å². The summed E-state index contributed by atoms with van der Waals surface area (Å²) in [5.41, 5.74) is 0.0224. The van der Waals surface area contributed by atoms with Crippen molar-refractivity contribution in [2.75, 3.05) is 13.4 Å². The maximum absolute atomic E-state index is 12.9. The molecule has 4 rings (SSSR count). The molecule has 4 saturated carbocycles. The number of esters is 1. The van der Waals surface area contributed by atoms with Gasteiger partial charge in [0.15, 0.2) is 0 Å². The molecule has 0 aliphatic heterocycles. The van der Waals surface area contributed by atoms with Gasteiger partial charge in [-0.05, 0) is 79.4 Å². The third-order valence-electron chi connectivity index (χ3n) is 9.61. The average molecular weight is 395 g/mol. The minimum absolute atomic E-state index is 0.242. The van der Waals surface area contributed by atoms with Gasteiger partial charge in [0.1, 0.15) is 10.5 Å². The molecule has 27 heavy (non-hydrogen) atoms. The molecule has 2 unspecified atom stereocenters. The molecule has 5 heteroatoms. The molecule has 0 radical (unpaired) electrons. The monoisotopic (exact) mass is 394 g/mol. The van der Waals surface area contributed by atoms with Gasteiger partial charge >= 0.3 is 5.97 Å². The fraction of sp³-hybridized carbons (Fsp3) is 0.909. The van der Waals surface area contributed by atoms with E-state index in [1.807, 2.05) is 0 Å². The predicted octanol–water partition coefficient (Wildman–Crippen LogP) is 3.89. The third kappa shape index (κ3) is 2.42. The fourth-order valence-electron chi connectivity index (χ4n) is 8.13. The summed E-state index contributed by atoms with van der Waals surface area (Å²) in [6, 6.07) is 0. The third-order valence-corrected chi connectivity index (χ3v) is 11.4. The van der Waals surface area contributed by atoms with Gasteiger partial charge in [-0.1, -0.05) is 13.8 Å². The van der Waals surface area contributed by atoms with E-state index in [9.17, 15) is 13.8 Å². The predicted molar refractivity (Wildman–Crippen MR) is 106 cm³/mol. The van der Waals surface area contributed by atoms with Crippen LogP contribution in [-0.4, -0.2) is 34.1 Å². The second-order valence-corrected chi connectivity index (χ2v) is 11.8. The topological polar surface area (TPSA) is 60.4 Å². The number of ketones is 1. The number of carbonyl (C=O) groups excluding carboxylic acids is 2. The van der Waals surface area contributed by atoms with E-state index in [1.165, 1.54) is 7.11 Å². The summed E-state index contributed by atoms with van der Waals surface area (Å²) in [6.45, 7) is 4.65. The zero-order chi connectivity index (χ0) is 19.6. The Hall–Kier alpha value is -0.710. The van der Waals surface area contributed by atoms with Crippen LogP contribution in [0.4, 0.5) is 0 Å². The first-order valence-corrected chi connectivity index (χ1v) is 12.2. The van der Waals surface area contributed by atoms with Crippen molar-refractivity contribution < 1.29 is 18.5 Å². The van der Waals surface area contributed by atoms with Crippen molar-refractivity contribution in [2.24, 2.45) is 34.5 Å². The Morgan fingerprint density at radius 2 is 1.78 bits per heavy atom. The smallest absolute Gasteiger partial charge is 0.325 e. The Bertz CT molecular complexity index is 690. The van der Waals surface area contributed by atoms with Crippen LogP contribution in [0, 0.1) is 34.5 Å². The molecule has 8 atom stereocenters. The normalized spacial score (nSPS) is 50.3. The van der Waals surface area contributed by atoms with Crippen LogP contribution in [0.15, 0.2) is 0 Å². The second kappa shape index (κ2) is 6.40. The fourth-order valence-corrected chi connectivity index (χ4v) is 9.77. The number of methoxy groups -OCH3 is 1. The molecular formula is C22H34O4S. The summed E-state index contributed by atoms with van der Waals surface area (Å²) in [6.07, 6.45) is 10.2. The SMILES string of the molecule is COC(=O)C1(S(C)=O)CC[C@H]2[C@@H]3CC[C@H]4CC(=O)CC[C@]4(C)[C@H]3CC[C@@]21C. The van der Waals surface area contributed by atoms with Crippen molar-refractivity contribution in [2.45, 2.75) is 76.4 Å². The zero-order valence-corrected chi connectivity index (χ0v) is 18.0. The second-order valence-electron chi connectivity index (χ2n) is 10.2. The number of fused-ring (bicyclic) bond motifs is 5. The van der Waals surface area contributed by atoms with Crippen molar-refractivity contribution in [3.63, 3.8) is 0 Å². The van der Waals surface area contributed by atoms with Gasteiger partial charge < -0.3 is 4.74 Å². The molecule has 0 aromatic carbocycles. The van der Waals surface area contributed by atoms with Crippen molar-refractivity contribution in [1.82, 2.24) is 0 Å². The quantitative estimate of drug-likeness (QED) is 0.667.